The van der Waals surface area contributed by atoms with Gasteiger partial charge in [-0.15, -0.1) is 0 Å². The van der Waals surface area contributed by atoms with Gasteiger partial charge in [0.2, 0.25) is 0 Å². The maximum absolute atomic E-state index is 5.72. The van der Waals surface area contributed by atoms with E-state index >= 15 is 0 Å². The number of para-hydroxylation sites is 1. The van der Waals surface area contributed by atoms with Crippen LogP contribution in [0.2, 0.25) is 0 Å². The summed E-state index contributed by atoms with van der Waals surface area (Å²) in [6, 6.07) is 7.63. The highest BCUT2D eigenvalue weighted by Gasteiger charge is 2.35. The van der Waals surface area contributed by atoms with Gasteiger partial charge in [0.1, 0.15) is 5.75 Å². The van der Waals surface area contributed by atoms with Gasteiger partial charge in [-0.25, -0.2) is 0 Å². The van der Waals surface area contributed by atoms with Crippen molar-refractivity contribution in [3.63, 3.8) is 0 Å². The average Bonchev–Trinajstić information content (AvgIpc) is 2.33. The van der Waals surface area contributed by atoms with E-state index in [1.165, 1.54) is 0 Å². The lowest BCUT2D eigenvalue weighted by Crippen LogP contribution is -2.46. The smallest absolute Gasteiger partial charge is 0.195 e. The molecule has 0 aromatic heterocycles. The molecule has 0 amide bonds. The van der Waals surface area contributed by atoms with Crippen molar-refractivity contribution in [2.75, 3.05) is 20.3 Å². The van der Waals surface area contributed by atoms with Gasteiger partial charge in [0, 0.05) is 0 Å². The molecule has 0 spiro atoms. The van der Waals surface area contributed by atoms with Crippen molar-refractivity contribution in [2.45, 2.75) is 18.8 Å². The summed E-state index contributed by atoms with van der Waals surface area (Å²) < 4.78 is 16.7. The van der Waals surface area contributed by atoms with E-state index in [9.17, 15) is 0 Å². The van der Waals surface area contributed by atoms with Gasteiger partial charge in [-0.3, -0.25) is 0 Å². The van der Waals surface area contributed by atoms with Gasteiger partial charge >= 0.3 is 0 Å². The fourth-order valence-electron chi connectivity index (χ4n) is 1.80. The molecular formula is C12H17NO3. The molecule has 1 fully saturated rings. The third-order valence-corrected chi connectivity index (χ3v) is 2.74. The molecule has 16 heavy (non-hydrogen) atoms. The summed E-state index contributed by atoms with van der Waals surface area (Å²) in [6.07, 6.45) is 0. The fraction of sp³-hybridized carbons (Fsp3) is 0.500. The van der Waals surface area contributed by atoms with Crippen molar-refractivity contribution < 1.29 is 14.2 Å². The average molecular weight is 223 g/mol. The molecule has 0 atom stereocenters. The number of rotatable bonds is 2. The van der Waals surface area contributed by atoms with E-state index in [0.717, 1.165) is 11.3 Å². The lowest BCUT2D eigenvalue weighted by molar-refractivity contribution is -0.270. The SMILES string of the molecule is COc1ccccc1C1(C)OCC(N)CO1. The van der Waals surface area contributed by atoms with Crippen LogP contribution in [0.25, 0.3) is 0 Å². The molecule has 88 valence electrons. The van der Waals surface area contributed by atoms with Gasteiger partial charge in [-0.1, -0.05) is 12.1 Å². The monoisotopic (exact) mass is 223 g/mol. The fourth-order valence-corrected chi connectivity index (χ4v) is 1.80. The van der Waals surface area contributed by atoms with E-state index in [1.807, 2.05) is 31.2 Å². The maximum Gasteiger partial charge on any atom is 0.195 e. The van der Waals surface area contributed by atoms with E-state index < -0.39 is 5.79 Å². The Kier molecular flexibility index (Phi) is 3.14. The summed E-state index contributed by atoms with van der Waals surface area (Å²) in [5.74, 6) is 0.00289. The van der Waals surface area contributed by atoms with Gasteiger partial charge < -0.3 is 19.9 Å². The second-order valence-corrected chi connectivity index (χ2v) is 4.03. The van der Waals surface area contributed by atoms with E-state index in [4.69, 9.17) is 19.9 Å². The lowest BCUT2D eigenvalue weighted by atomic mass is 10.0. The van der Waals surface area contributed by atoms with Crippen LogP contribution in [0.15, 0.2) is 24.3 Å². The molecule has 0 bridgehead atoms. The van der Waals surface area contributed by atoms with E-state index in [-0.39, 0.29) is 6.04 Å². The van der Waals surface area contributed by atoms with E-state index in [0.29, 0.717) is 13.2 Å². The highest BCUT2D eigenvalue weighted by atomic mass is 16.7. The zero-order chi connectivity index (χ0) is 11.6. The van der Waals surface area contributed by atoms with Crippen LogP contribution in [-0.2, 0) is 15.3 Å². The van der Waals surface area contributed by atoms with Gasteiger partial charge in [-0.05, 0) is 19.1 Å². The van der Waals surface area contributed by atoms with Gasteiger partial charge in [-0.2, -0.15) is 0 Å². The van der Waals surface area contributed by atoms with Gasteiger partial charge in [0.05, 0.1) is 31.9 Å². The van der Waals surface area contributed by atoms with Crippen LogP contribution in [0.3, 0.4) is 0 Å². The molecule has 1 aliphatic rings. The molecule has 0 unspecified atom stereocenters. The Balaban J connectivity index is 2.28. The molecular weight excluding hydrogens is 206 g/mol. The largest absolute Gasteiger partial charge is 0.496 e. The van der Waals surface area contributed by atoms with E-state index in [1.54, 1.807) is 7.11 Å². The Labute approximate surface area is 95.3 Å². The quantitative estimate of drug-likeness (QED) is 0.819. The summed E-state index contributed by atoms with van der Waals surface area (Å²) >= 11 is 0. The molecule has 1 aliphatic heterocycles. The molecule has 1 saturated heterocycles. The Hall–Kier alpha value is -1.10. The Morgan fingerprint density at radius 1 is 1.31 bits per heavy atom. The van der Waals surface area contributed by atoms with Crippen molar-refractivity contribution in [2.24, 2.45) is 5.73 Å². The standard InChI is InChI=1S/C12H17NO3/c1-12(15-7-9(13)8-16-12)10-5-3-4-6-11(10)14-2/h3-6,9H,7-8,13H2,1-2H3. The Morgan fingerprint density at radius 3 is 2.56 bits per heavy atom. The summed E-state index contributed by atoms with van der Waals surface area (Å²) in [5.41, 5.74) is 6.62. The summed E-state index contributed by atoms with van der Waals surface area (Å²) in [7, 11) is 1.64. The molecule has 1 aromatic rings. The minimum atomic E-state index is -0.761. The summed E-state index contributed by atoms with van der Waals surface area (Å²) in [6.45, 7) is 2.87. The topological polar surface area (TPSA) is 53.7 Å². The summed E-state index contributed by atoms with van der Waals surface area (Å²) in [4.78, 5) is 0. The number of ether oxygens (including phenoxy) is 3. The molecule has 4 nitrogen and oxygen atoms in total. The molecule has 2 N–H and O–H groups in total. The summed E-state index contributed by atoms with van der Waals surface area (Å²) in [5, 5.41) is 0. The van der Waals surface area contributed by atoms with Crippen LogP contribution in [0.1, 0.15) is 12.5 Å². The number of nitrogens with two attached hydrogens (primary N) is 1. The van der Waals surface area contributed by atoms with Crippen LogP contribution in [-0.4, -0.2) is 26.4 Å². The molecule has 4 heteroatoms. The molecule has 0 saturated carbocycles. The van der Waals surface area contributed by atoms with Crippen LogP contribution in [0.5, 0.6) is 5.75 Å². The molecule has 0 aliphatic carbocycles. The third kappa shape index (κ3) is 2.04. The van der Waals surface area contributed by atoms with Gasteiger partial charge in [0.25, 0.3) is 0 Å². The minimum absolute atomic E-state index is 0.0530. The van der Waals surface area contributed by atoms with Crippen molar-refractivity contribution in [1.29, 1.82) is 0 Å². The molecule has 2 rings (SSSR count). The lowest BCUT2D eigenvalue weighted by Gasteiger charge is -2.37. The van der Waals surface area contributed by atoms with Gasteiger partial charge in [0.15, 0.2) is 5.79 Å². The van der Waals surface area contributed by atoms with Crippen LogP contribution < -0.4 is 10.5 Å². The number of hydrogen-bond acceptors (Lipinski definition) is 4. The van der Waals surface area contributed by atoms with Crippen LogP contribution in [0.4, 0.5) is 0 Å². The highest BCUT2D eigenvalue weighted by Crippen LogP contribution is 2.35. The zero-order valence-corrected chi connectivity index (χ0v) is 9.60. The first-order chi connectivity index (χ1) is 7.65. The number of benzene rings is 1. The first-order valence-corrected chi connectivity index (χ1v) is 5.33. The normalized spacial score (nSPS) is 30.1. The second-order valence-electron chi connectivity index (χ2n) is 4.03. The van der Waals surface area contributed by atoms with Crippen LogP contribution in [0, 0.1) is 0 Å². The first-order valence-electron chi connectivity index (χ1n) is 5.33. The van der Waals surface area contributed by atoms with Crippen LogP contribution >= 0.6 is 0 Å². The predicted octanol–water partition coefficient (Wildman–Crippen LogP) is 1.24. The van der Waals surface area contributed by atoms with Crippen molar-refractivity contribution in [1.82, 2.24) is 0 Å². The predicted molar refractivity (Wildman–Crippen MR) is 60.2 cm³/mol. The zero-order valence-electron chi connectivity index (χ0n) is 9.60. The third-order valence-electron chi connectivity index (χ3n) is 2.74. The molecule has 0 radical (unpaired) electrons. The first kappa shape index (κ1) is 11.4. The van der Waals surface area contributed by atoms with E-state index in [2.05, 4.69) is 0 Å². The number of methoxy groups -OCH3 is 1. The van der Waals surface area contributed by atoms with Crippen molar-refractivity contribution >= 4 is 0 Å². The molecule has 1 heterocycles. The Morgan fingerprint density at radius 2 is 1.94 bits per heavy atom. The maximum atomic E-state index is 5.72. The Bertz CT molecular complexity index is 359. The van der Waals surface area contributed by atoms with Crippen molar-refractivity contribution in [3.8, 4) is 5.75 Å². The highest BCUT2D eigenvalue weighted by molar-refractivity contribution is 5.36. The molecule has 1 aromatic carbocycles. The second kappa shape index (κ2) is 4.41. The number of hydrogen-bond donors (Lipinski definition) is 1. The minimum Gasteiger partial charge on any atom is -0.496 e. The van der Waals surface area contributed by atoms with Crippen molar-refractivity contribution in [3.05, 3.63) is 29.8 Å².